The van der Waals surface area contributed by atoms with Crippen molar-refractivity contribution in [3.05, 3.63) is 29.6 Å². The zero-order valence-corrected chi connectivity index (χ0v) is 10.9. The molecule has 1 saturated carbocycles. The van der Waals surface area contributed by atoms with Gasteiger partial charge in [-0.2, -0.15) is 0 Å². The largest absolute Gasteiger partial charge is 0.337 e. The third-order valence-electron chi connectivity index (χ3n) is 3.68. The third kappa shape index (κ3) is 2.88. The molecule has 0 saturated heterocycles. The van der Waals surface area contributed by atoms with Gasteiger partial charge in [0.15, 0.2) is 0 Å². The van der Waals surface area contributed by atoms with Gasteiger partial charge in [-0.05, 0) is 25.0 Å². The minimum Gasteiger partial charge on any atom is -0.337 e. The minimum atomic E-state index is 0.0113. The number of carbonyl (C=O) groups excluding carboxylic acids is 1. The van der Waals surface area contributed by atoms with E-state index < -0.39 is 0 Å². The van der Waals surface area contributed by atoms with Gasteiger partial charge in [0, 0.05) is 19.6 Å². The van der Waals surface area contributed by atoms with Gasteiger partial charge in [-0.15, -0.1) is 0 Å². The van der Waals surface area contributed by atoms with Crippen LogP contribution in [0.4, 0.5) is 0 Å². The standard InChI is InChI=1S/C14H21N3O/c1-17(12-7-3-2-4-8-12)14(18)13-9-5-6-11(10-15)16-13/h5-6,9,12H,2-4,7-8,10,15H2,1H3. The predicted octanol–water partition coefficient (Wildman–Crippen LogP) is 1.95. The molecule has 1 aliphatic rings. The first-order chi connectivity index (χ1) is 8.72. The number of hydrogen-bond donors (Lipinski definition) is 1. The molecule has 0 bridgehead atoms. The second-order valence-corrected chi connectivity index (χ2v) is 4.93. The first-order valence-corrected chi connectivity index (χ1v) is 6.65. The van der Waals surface area contributed by atoms with E-state index in [2.05, 4.69) is 4.98 Å². The van der Waals surface area contributed by atoms with Gasteiger partial charge in [0.05, 0.1) is 5.69 Å². The van der Waals surface area contributed by atoms with Crippen molar-refractivity contribution in [3.63, 3.8) is 0 Å². The van der Waals surface area contributed by atoms with Crippen molar-refractivity contribution in [2.45, 2.75) is 44.7 Å². The lowest BCUT2D eigenvalue weighted by molar-refractivity contribution is 0.0690. The molecule has 98 valence electrons. The summed E-state index contributed by atoms with van der Waals surface area (Å²) in [5.74, 6) is 0.0113. The Labute approximate surface area is 108 Å². The number of nitrogens with two attached hydrogens (primary N) is 1. The van der Waals surface area contributed by atoms with Gasteiger partial charge in [-0.1, -0.05) is 25.3 Å². The fraction of sp³-hybridized carbons (Fsp3) is 0.571. The van der Waals surface area contributed by atoms with Crippen molar-refractivity contribution in [1.29, 1.82) is 0 Å². The van der Waals surface area contributed by atoms with Gasteiger partial charge in [0.1, 0.15) is 5.69 Å². The van der Waals surface area contributed by atoms with Crippen LogP contribution in [-0.4, -0.2) is 28.9 Å². The lowest BCUT2D eigenvalue weighted by Gasteiger charge is -2.31. The van der Waals surface area contributed by atoms with E-state index in [1.54, 1.807) is 6.07 Å². The molecule has 1 aromatic rings. The Hall–Kier alpha value is -1.42. The van der Waals surface area contributed by atoms with E-state index in [9.17, 15) is 4.79 Å². The Bertz CT molecular complexity index is 413. The first-order valence-electron chi connectivity index (χ1n) is 6.65. The topological polar surface area (TPSA) is 59.2 Å². The molecule has 1 aromatic heterocycles. The highest BCUT2D eigenvalue weighted by Gasteiger charge is 2.23. The molecule has 0 radical (unpaired) electrons. The molecule has 4 nitrogen and oxygen atoms in total. The van der Waals surface area contributed by atoms with Crippen molar-refractivity contribution < 1.29 is 4.79 Å². The average Bonchev–Trinajstić information content (AvgIpc) is 2.46. The van der Waals surface area contributed by atoms with Gasteiger partial charge in [-0.25, -0.2) is 4.98 Å². The summed E-state index contributed by atoms with van der Waals surface area (Å²) in [7, 11) is 1.88. The molecule has 2 rings (SSSR count). The second kappa shape index (κ2) is 5.96. The van der Waals surface area contributed by atoms with Gasteiger partial charge in [-0.3, -0.25) is 4.79 Å². The van der Waals surface area contributed by atoms with E-state index in [1.807, 2.05) is 24.1 Å². The quantitative estimate of drug-likeness (QED) is 0.888. The van der Waals surface area contributed by atoms with E-state index in [0.717, 1.165) is 18.5 Å². The van der Waals surface area contributed by atoms with Crippen LogP contribution in [0.5, 0.6) is 0 Å². The number of nitrogens with zero attached hydrogens (tertiary/aromatic N) is 2. The lowest BCUT2D eigenvalue weighted by atomic mass is 9.94. The molecule has 18 heavy (non-hydrogen) atoms. The van der Waals surface area contributed by atoms with Crippen molar-refractivity contribution in [3.8, 4) is 0 Å². The van der Waals surface area contributed by atoms with Crippen LogP contribution in [0.3, 0.4) is 0 Å². The highest BCUT2D eigenvalue weighted by molar-refractivity contribution is 5.92. The van der Waals surface area contributed by atoms with Crippen LogP contribution >= 0.6 is 0 Å². The average molecular weight is 247 g/mol. The van der Waals surface area contributed by atoms with Crippen molar-refractivity contribution in [2.24, 2.45) is 5.73 Å². The summed E-state index contributed by atoms with van der Waals surface area (Å²) in [4.78, 5) is 18.5. The van der Waals surface area contributed by atoms with Gasteiger partial charge in [0.2, 0.25) is 0 Å². The van der Waals surface area contributed by atoms with Gasteiger partial charge < -0.3 is 10.6 Å². The maximum atomic E-state index is 12.3. The van der Waals surface area contributed by atoms with Crippen molar-refractivity contribution in [2.75, 3.05) is 7.05 Å². The Kier molecular flexibility index (Phi) is 4.31. The number of rotatable bonds is 3. The Balaban J connectivity index is 2.09. The van der Waals surface area contributed by atoms with Gasteiger partial charge in [0.25, 0.3) is 5.91 Å². The summed E-state index contributed by atoms with van der Waals surface area (Å²) >= 11 is 0. The maximum Gasteiger partial charge on any atom is 0.272 e. The monoisotopic (exact) mass is 247 g/mol. The number of amides is 1. The predicted molar refractivity (Wildman–Crippen MR) is 71.1 cm³/mol. The molecule has 1 amide bonds. The number of carbonyl (C=O) groups is 1. The van der Waals surface area contributed by atoms with E-state index in [4.69, 9.17) is 5.73 Å². The zero-order valence-electron chi connectivity index (χ0n) is 10.9. The molecule has 1 aliphatic carbocycles. The number of aromatic nitrogens is 1. The van der Waals surface area contributed by atoms with Crippen LogP contribution in [0, 0.1) is 0 Å². The van der Waals surface area contributed by atoms with Crippen LogP contribution < -0.4 is 5.73 Å². The van der Waals surface area contributed by atoms with Gasteiger partial charge >= 0.3 is 0 Å². The van der Waals surface area contributed by atoms with E-state index in [1.165, 1.54) is 19.3 Å². The molecule has 1 heterocycles. The molecule has 4 heteroatoms. The molecule has 0 unspecified atom stereocenters. The zero-order chi connectivity index (χ0) is 13.0. The Morgan fingerprint density at radius 1 is 1.39 bits per heavy atom. The Morgan fingerprint density at radius 3 is 2.78 bits per heavy atom. The molecule has 0 aromatic carbocycles. The van der Waals surface area contributed by atoms with Crippen LogP contribution in [0.2, 0.25) is 0 Å². The van der Waals surface area contributed by atoms with E-state index in [-0.39, 0.29) is 5.91 Å². The number of pyridine rings is 1. The summed E-state index contributed by atoms with van der Waals surface area (Å²) in [6, 6.07) is 5.82. The van der Waals surface area contributed by atoms with Crippen molar-refractivity contribution in [1.82, 2.24) is 9.88 Å². The first kappa shape index (κ1) is 13.0. The second-order valence-electron chi connectivity index (χ2n) is 4.93. The highest BCUT2D eigenvalue weighted by Crippen LogP contribution is 2.22. The number of hydrogen-bond acceptors (Lipinski definition) is 3. The molecule has 0 spiro atoms. The molecule has 0 aliphatic heterocycles. The van der Waals surface area contributed by atoms with E-state index >= 15 is 0 Å². The fourth-order valence-electron chi connectivity index (χ4n) is 2.53. The van der Waals surface area contributed by atoms with Crippen LogP contribution in [0.25, 0.3) is 0 Å². The normalized spacial score (nSPS) is 16.6. The minimum absolute atomic E-state index is 0.0113. The van der Waals surface area contributed by atoms with Crippen molar-refractivity contribution >= 4 is 5.91 Å². The molecule has 1 fully saturated rings. The molecular weight excluding hydrogens is 226 g/mol. The molecule has 2 N–H and O–H groups in total. The van der Waals surface area contributed by atoms with Crippen LogP contribution in [0.1, 0.15) is 48.3 Å². The SMILES string of the molecule is CN(C(=O)c1cccc(CN)n1)C1CCCCC1. The van der Waals surface area contributed by atoms with Crippen LogP contribution in [0.15, 0.2) is 18.2 Å². The summed E-state index contributed by atoms with van der Waals surface area (Å²) in [6.45, 7) is 0.369. The van der Waals surface area contributed by atoms with Crippen LogP contribution in [-0.2, 0) is 6.54 Å². The highest BCUT2D eigenvalue weighted by atomic mass is 16.2. The molecular formula is C14H21N3O. The van der Waals surface area contributed by atoms with E-state index in [0.29, 0.717) is 18.3 Å². The fourth-order valence-corrected chi connectivity index (χ4v) is 2.53. The smallest absolute Gasteiger partial charge is 0.272 e. The summed E-state index contributed by atoms with van der Waals surface area (Å²) < 4.78 is 0. The summed E-state index contributed by atoms with van der Waals surface area (Å²) in [5, 5.41) is 0. The lowest BCUT2D eigenvalue weighted by Crippen LogP contribution is -2.38. The third-order valence-corrected chi connectivity index (χ3v) is 3.68. The Morgan fingerprint density at radius 2 is 2.11 bits per heavy atom. The molecule has 0 atom stereocenters. The summed E-state index contributed by atoms with van der Waals surface area (Å²) in [5.41, 5.74) is 6.82. The summed E-state index contributed by atoms with van der Waals surface area (Å²) in [6.07, 6.45) is 5.95. The maximum absolute atomic E-state index is 12.3.